The molecule has 2 saturated heterocycles. The van der Waals surface area contributed by atoms with Gasteiger partial charge in [-0.15, -0.1) is 0 Å². The van der Waals surface area contributed by atoms with Crippen molar-refractivity contribution in [2.45, 2.75) is 56.7 Å². The van der Waals surface area contributed by atoms with Gasteiger partial charge < -0.3 is 24.3 Å². The number of piperazine rings is 1. The molecule has 1 aromatic heterocycles. The van der Waals surface area contributed by atoms with Crippen LogP contribution in [0.5, 0.6) is 5.75 Å². The first-order valence-electron chi connectivity index (χ1n) is 19.9. The van der Waals surface area contributed by atoms with Crippen LogP contribution in [0.15, 0.2) is 42.7 Å². The van der Waals surface area contributed by atoms with Crippen LogP contribution in [0.1, 0.15) is 59.2 Å². The van der Waals surface area contributed by atoms with E-state index in [1.54, 1.807) is 22.8 Å². The van der Waals surface area contributed by atoms with E-state index in [4.69, 9.17) is 25.5 Å². The van der Waals surface area contributed by atoms with E-state index >= 15 is 0 Å². The molecular weight excluding hydrogens is 785 g/mol. The average Bonchev–Trinajstić information content (AvgIpc) is 3.49. The summed E-state index contributed by atoms with van der Waals surface area (Å²) in [6.45, 7) is 11.3. The lowest BCUT2D eigenvalue weighted by Crippen LogP contribution is -2.54. The number of nitrogens with one attached hydrogen (secondary N) is 2. The van der Waals surface area contributed by atoms with Crippen molar-refractivity contribution in [3.63, 3.8) is 0 Å². The Morgan fingerprint density at radius 3 is 2.20 bits per heavy atom. The third kappa shape index (κ3) is 10.2. The Kier molecular flexibility index (Phi) is 13.8. The molecule has 1 unspecified atom stereocenters. The first-order valence-corrected chi connectivity index (χ1v) is 21.5. The number of fused-ring (bicyclic) bond motifs is 2. The molecule has 1 saturated carbocycles. The fourth-order valence-corrected chi connectivity index (χ4v) is 9.25. The number of imide groups is 2. The number of rotatable bonds is 18. The topological polar surface area (TPSA) is 203 Å². The molecule has 4 amide bonds. The zero-order valence-corrected chi connectivity index (χ0v) is 33.5. The summed E-state index contributed by atoms with van der Waals surface area (Å²) in [6.07, 6.45) is 5.66. The third-order valence-electron chi connectivity index (χ3n) is 11.1. The minimum atomic E-state index is -3.44. The maximum atomic E-state index is 13.0. The highest BCUT2D eigenvalue weighted by Gasteiger charge is 2.44. The maximum absolute atomic E-state index is 13.0. The van der Waals surface area contributed by atoms with Crippen molar-refractivity contribution in [1.29, 1.82) is 0 Å². The highest BCUT2D eigenvalue weighted by Crippen LogP contribution is 2.32. The number of sulfonamides is 1. The lowest BCUT2D eigenvalue weighted by molar-refractivity contribution is -0.136. The fraction of sp³-hybridized carbons (Fsp3) is 0.525. The molecule has 0 radical (unpaired) electrons. The average molecular weight is 833 g/mol. The second-order valence-electron chi connectivity index (χ2n) is 14.8. The molecule has 4 heterocycles. The Hall–Kier alpha value is -5.10. The van der Waals surface area contributed by atoms with E-state index in [1.807, 2.05) is 12.1 Å². The van der Waals surface area contributed by atoms with Crippen LogP contribution < -0.4 is 15.4 Å². The van der Waals surface area contributed by atoms with Gasteiger partial charge >= 0.3 is 0 Å². The van der Waals surface area contributed by atoms with Gasteiger partial charge in [-0.25, -0.2) is 23.2 Å². The number of piperidine rings is 1. The number of carbonyl (C=O) groups is 4. The second-order valence-corrected chi connectivity index (χ2v) is 16.9. The fourth-order valence-electron chi connectivity index (χ4n) is 7.95. The van der Waals surface area contributed by atoms with E-state index in [1.165, 1.54) is 12.1 Å². The molecule has 59 heavy (non-hydrogen) atoms. The molecule has 1 atom stereocenters. The third-order valence-corrected chi connectivity index (χ3v) is 12.9. The van der Waals surface area contributed by atoms with E-state index in [0.717, 1.165) is 47.3 Å². The summed E-state index contributed by atoms with van der Waals surface area (Å²) in [6, 6.07) is 9.60. The van der Waals surface area contributed by atoms with Gasteiger partial charge in [-0.3, -0.25) is 34.3 Å². The highest BCUT2D eigenvalue weighted by atomic mass is 32.2. The van der Waals surface area contributed by atoms with Gasteiger partial charge in [-0.2, -0.15) is 4.31 Å². The summed E-state index contributed by atoms with van der Waals surface area (Å²) < 4.78 is 49.9. The summed E-state index contributed by atoms with van der Waals surface area (Å²) >= 11 is 0. The van der Waals surface area contributed by atoms with Gasteiger partial charge in [0.2, 0.25) is 21.8 Å². The van der Waals surface area contributed by atoms with Crippen LogP contribution in [0.25, 0.3) is 15.7 Å². The van der Waals surface area contributed by atoms with Gasteiger partial charge in [0, 0.05) is 50.1 Å². The molecule has 3 fully saturated rings. The number of amides is 4. The molecule has 19 heteroatoms. The number of nitrogens with zero attached hydrogens (tertiary/aromatic N) is 6. The Balaban J connectivity index is 0.709. The van der Waals surface area contributed by atoms with Crippen LogP contribution in [0.3, 0.4) is 0 Å². The van der Waals surface area contributed by atoms with Crippen LogP contribution in [0.4, 0.5) is 11.5 Å². The van der Waals surface area contributed by atoms with Crippen LogP contribution in [0, 0.1) is 6.57 Å². The number of benzene rings is 2. The molecule has 2 N–H and O–H groups in total. The van der Waals surface area contributed by atoms with Crippen molar-refractivity contribution in [2.75, 3.05) is 83.5 Å². The summed E-state index contributed by atoms with van der Waals surface area (Å²) in [5.74, 6) is -1.25. The van der Waals surface area contributed by atoms with Crippen molar-refractivity contribution in [1.82, 2.24) is 29.4 Å². The van der Waals surface area contributed by atoms with Gasteiger partial charge in [0.15, 0.2) is 5.69 Å². The summed E-state index contributed by atoms with van der Waals surface area (Å²) in [5, 5.41) is 6.60. The molecule has 0 bridgehead atoms. The highest BCUT2D eigenvalue weighted by molar-refractivity contribution is 7.89. The Morgan fingerprint density at radius 2 is 1.49 bits per heavy atom. The van der Waals surface area contributed by atoms with Crippen molar-refractivity contribution >= 4 is 56.1 Å². The molecule has 2 aromatic carbocycles. The number of carbonyl (C=O) groups excluding carboxylic acids is 4. The molecule has 1 aliphatic carbocycles. The molecule has 3 aliphatic heterocycles. The first-order chi connectivity index (χ1) is 28.6. The van der Waals surface area contributed by atoms with Crippen molar-refractivity contribution in [2.24, 2.45) is 0 Å². The lowest BCUT2D eigenvalue weighted by Gasteiger charge is -2.41. The number of hydrogen-bond donors (Lipinski definition) is 2. The van der Waals surface area contributed by atoms with Crippen molar-refractivity contribution in [3.8, 4) is 5.75 Å². The standard InChI is InChI=1S/C40H48N8O10S/c1-41-28-4-9-34-33(24-28)37(43-26-42-34)44-27-2-5-29(6-3-27)46-12-14-47(15-13-46)59(53,54)23-22-57-19-18-55-16-17-56-20-21-58-30-7-8-31-32(25-30)40(52)48(39(31)51)35-10-11-36(49)45-38(35)50/h4,7-9,24-27,29,35H,2-3,5-6,10-23H2,(H,42,43,44)(H,45,49,50). The minimum Gasteiger partial charge on any atom is -0.491 e. The van der Waals surface area contributed by atoms with Crippen LogP contribution in [-0.2, 0) is 33.8 Å². The summed E-state index contributed by atoms with van der Waals surface area (Å²) in [7, 11) is -3.44. The van der Waals surface area contributed by atoms with Gasteiger partial charge in [0.05, 0.1) is 68.6 Å². The van der Waals surface area contributed by atoms with E-state index in [-0.39, 0.29) is 68.8 Å². The molecule has 3 aromatic rings. The molecule has 0 spiro atoms. The maximum Gasteiger partial charge on any atom is 0.262 e. The first kappa shape index (κ1) is 42.0. The minimum absolute atomic E-state index is 0.0474. The summed E-state index contributed by atoms with van der Waals surface area (Å²) in [4.78, 5) is 65.2. The van der Waals surface area contributed by atoms with E-state index in [0.29, 0.717) is 56.9 Å². The Bertz CT molecular complexity index is 2180. The van der Waals surface area contributed by atoms with Gasteiger partial charge in [-0.05, 0) is 62.4 Å². The monoisotopic (exact) mass is 832 g/mol. The SMILES string of the molecule is [C-]#[N+]c1ccc2ncnc(NC3CCC(N4CCN(S(=O)(=O)CCOCCOCCOCCOc5ccc6c(c5)C(=O)N(C5CCC(=O)NC5=O)C6=O)CC4)CC3)c2c1. The molecule has 18 nitrogen and oxygen atoms in total. The van der Waals surface area contributed by atoms with Gasteiger partial charge in [0.25, 0.3) is 11.8 Å². The van der Waals surface area contributed by atoms with Crippen LogP contribution in [0.2, 0.25) is 0 Å². The Labute approximate surface area is 342 Å². The quantitative estimate of drug-likeness (QED) is 0.107. The van der Waals surface area contributed by atoms with Gasteiger partial charge in [-0.1, -0.05) is 6.07 Å². The van der Waals surface area contributed by atoms with Crippen molar-refractivity contribution < 1.29 is 46.5 Å². The molecule has 4 aliphatic rings. The number of ether oxygens (including phenoxy) is 4. The zero-order chi connectivity index (χ0) is 41.4. The second kappa shape index (κ2) is 19.3. The summed E-state index contributed by atoms with van der Waals surface area (Å²) in [5.41, 5.74) is 1.67. The number of hydrogen-bond acceptors (Lipinski definition) is 14. The number of anilines is 1. The van der Waals surface area contributed by atoms with Gasteiger partial charge in [0.1, 0.15) is 30.5 Å². The lowest BCUT2D eigenvalue weighted by atomic mass is 9.89. The normalized spacial score (nSPS) is 21.7. The van der Waals surface area contributed by atoms with Crippen LogP contribution >= 0.6 is 0 Å². The molecular formula is C40H48N8O10S. The largest absolute Gasteiger partial charge is 0.491 e. The smallest absolute Gasteiger partial charge is 0.262 e. The van der Waals surface area contributed by atoms with E-state index < -0.39 is 39.7 Å². The predicted octanol–water partition coefficient (Wildman–Crippen LogP) is 2.38. The Morgan fingerprint density at radius 1 is 0.797 bits per heavy atom. The predicted molar refractivity (Wildman–Crippen MR) is 213 cm³/mol. The van der Waals surface area contributed by atoms with Crippen molar-refractivity contribution in [3.05, 3.63) is 65.3 Å². The number of aromatic nitrogens is 2. The van der Waals surface area contributed by atoms with E-state index in [9.17, 15) is 27.6 Å². The molecule has 7 rings (SSSR count). The van der Waals surface area contributed by atoms with Crippen LogP contribution in [-0.4, -0.2) is 152 Å². The van der Waals surface area contributed by atoms with E-state index in [2.05, 4.69) is 30.3 Å². The molecule has 314 valence electrons. The zero-order valence-electron chi connectivity index (χ0n) is 32.7.